The molecule has 1 aromatic carbocycles. The number of hydrogen-bond donors (Lipinski definition) is 1. The van der Waals surface area contributed by atoms with Crippen LogP contribution >= 0.6 is 0 Å². The number of hydrogen-bond acceptors (Lipinski definition) is 9. The first-order valence-corrected chi connectivity index (χ1v) is 8.01. The molecule has 0 heterocycles. The Labute approximate surface area is 137 Å². The fourth-order valence-corrected chi connectivity index (χ4v) is 2.30. The molecule has 24 heavy (non-hydrogen) atoms. The molecule has 0 aliphatic heterocycles. The number of primary sulfonamides is 1. The molecule has 1 rings (SSSR count). The van der Waals surface area contributed by atoms with Crippen LogP contribution in [0.5, 0.6) is 0 Å². The Morgan fingerprint density at radius 3 is 2.58 bits per heavy atom. The third-order valence-corrected chi connectivity index (χ3v) is 3.55. The second-order valence-corrected chi connectivity index (χ2v) is 5.75. The molecule has 0 aliphatic carbocycles. The number of esters is 2. The van der Waals surface area contributed by atoms with Gasteiger partial charge in [0.2, 0.25) is 10.0 Å². The van der Waals surface area contributed by atoms with Crippen molar-refractivity contribution in [3.05, 3.63) is 23.8 Å². The summed E-state index contributed by atoms with van der Waals surface area (Å²) < 4.78 is 32.3. The van der Waals surface area contributed by atoms with Crippen molar-refractivity contribution in [3.63, 3.8) is 0 Å². The summed E-state index contributed by atoms with van der Waals surface area (Å²) in [5.74, 6) is -1.79. The van der Waals surface area contributed by atoms with Crippen LogP contribution in [0.3, 0.4) is 0 Å². The predicted octanol–water partition coefficient (Wildman–Crippen LogP) is 0.660. The first kappa shape index (κ1) is 19.2. The van der Waals surface area contributed by atoms with E-state index in [4.69, 9.17) is 10.4 Å². The lowest BCUT2D eigenvalue weighted by molar-refractivity contribution is -0.143. The van der Waals surface area contributed by atoms with Gasteiger partial charge in [0.05, 0.1) is 29.9 Å². The van der Waals surface area contributed by atoms with Crippen molar-refractivity contribution >= 4 is 27.6 Å². The van der Waals surface area contributed by atoms with E-state index < -0.39 is 32.9 Å². The number of sulfonamides is 1. The monoisotopic (exact) mass is 354 g/mol. The van der Waals surface area contributed by atoms with Crippen LogP contribution in [0.1, 0.15) is 17.3 Å². The molecule has 0 aliphatic rings. The van der Waals surface area contributed by atoms with Crippen LogP contribution in [0.25, 0.3) is 0 Å². The molecule has 2 N–H and O–H groups in total. The van der Waals surface area contributed by atoms with Crippen molar-refractivity contribution in [2.24, 2.45) is 15.4 Å². The van der Waals surface area contributed by atoms with Gasteiger partial charge in [-0.15, -0.1) is 0 Å². The van der Waals surface area contributed by atoms with Crippen LogP contribution in [-0.2, 0) is 24.3 Å². The van der Waals surface area contributed by atoms with Crippen molar-refractivity contribution in [2.75, 3.05) is 13.7 Å². The zero-order chi connectivity index (χ0) is 18.3. The summed E-state index contributed by atoms with van der Waals surface area (Å²) in [6.45, 7) is 1.63. The smallest absolute Gasteiger partial charge is 0.347 e. The van der Waals surface area contributed by atoms with Crippen LogP contribution in [-0.4, -0.2) is 40.1 Å². The molecule has 0 bridgehead atoms. The molecule has 0 spiro atoms. The number of rotatable bonds is 6. The molecule has 1 atom stereocenters. The summed E-state index contributed by atoms with van der Waals surface area (Å²) >= 11 is 0. The third-order valence-electron chi connectivity index (χ3n) is 2.60. The third kappa shape index (κ3) is 4.83. The Bertz CT molecular complexity index is 812. The van der Waals surface area contributed by atoms with Gasteiger partial charge in [0, 0.05) is 0 Å². The summed E-state index contributed by atoms with van der Waals surface area (Å²) in [7, 11) is -3.16. The van der Waals surface area contributed by atoms with E-state index in [2.05, 4.69) is 19.7 Å². The molecular formula is C13H14N4O6S. The predicted molar refractivity (Wildman–Crippen MR) is 79.7 cm³/mol. The minimum absolute atomic E-state index is 0.0313. The molecule has 0 radical (unpaired) electrons. The van der Waals surface area contributed by atoms with E-state index in [-0.39, 0.29) is 17.9 Å². The van der Waals surface area contributed by atoms with E-state index in [9.17, 15) is 18.0 Å². The number of azo groups is 1. The standard InChI is InChI=1S/C13H14N4O6S/c1-3-23-13(19)10(7-14)17-16-8-4-5-9(12(18)22-2)11(6-8)24(15,20)21/h4-6,10H,3H2,1-2H3,(H2,15,20,21). The van der Waals surface area contributed by atoms with Gasteiger partial charge in [0.15, 0.2) is 0 Å². The number of benzene rings is 1. The number of carbonyl (C=O) groups excluding carboxylic acids is 2. The first-order valence-electron chi connectivity index (χ1n) is 6.46. The van der Waals surface area contributed by atoms with Crippen LogP contribution in [0.2, 0.25) is 0 Å². The lowest BCUT2D eigenvalue weighted by Crippen LogP contribution is -2.19. The Morgan fingerprint density at radius 2 is 2.08 bits per heavy atom. The highest BCUT2D eigenvalue weighted by atomic mass is 32.2. The van der Waals surface area contributed by atoms with Gasteiger partial charge in [-0.2, -0.15) is 15.5 Å². The van der Waals surface area contributed by atoms with Gasteiger partial charge in [0.1, 0.15) is 6.07 Å². The van der Waals surface area contributed by atoms with Gasteiger partial charge in [-0.05, 0) is 25.1 Å². The molecule has 10 nitrogen and oxygen atoms in total. The van der Waals surface area contributed by atoms with Gasteiger partial charge < -0.3 is 9.47 Å². The van der Waals surface area contributed by atoms with E-state index in [1.165, 1.54) is 6.07 Å². The quantitative estimate of drug-likeness (QED) is 0.579. The topological polar surface area (TPSA) is 161 Å². The SMILES string of the molecule is CCOC(=O)C(C#N)N=Nc1ccc(C(=O)OC)c(S(N)(=O)=O)c1. The average molecular weight is 354 g/mol. The van der Waals surface area contributed by atoms with E-state index in [0.29, 0.717) is 0 Å². The zero-order valence-corrected chi connectivity index (χ0v) is 13.6. The Morgan fingerprint density at radius 1 is 1.42 bits per heavy atom. The summed E-state index contributed by atoms with van der Waals surface area (Å²) in [4.78, 5) is 22.5. The Hall–Kier alpha value is -2.84. The molecule has 0 aromatic heterocycles. The maximum atomic E-state index is 11.6. The summed E-state index contributed by atoms with van der Waals surface area (Å²) in [5.41, 5.74) is -0.308. The number of ether oxygens (including phenoxy) is 2. The van der Waals surface area contributed by atoms with E-state index >= 15 is 0 Å². The lowest BCUT2D eigenvalue weighted by atomic mass is 10.2. The van der Waals surface area contributed by atoms with Crippen LogP contribution < -0.4 is 5.14 Å². The minimum atomic E-state index is -4.24. The lowest BCUT2D eigenvalue weighted by Gasteiger charge is -2.07. The molecule has 11 heteroatoms. The number of nitrogens with two attached hydrogens (primary N) is 1. The van der Waals surface area contributed by atoms with Gasteiger partial charge >= 0.3 is 11.9 Å². The molecule has 0 saturated carbocycles. The van der Waals surface area contributed by atoms with Crippen molar-refractivity contribution in [1.29, 1.82) is 5.26 Å². The van der Waals surface area contributed by atoms with Crippen molar-refractivity contribution in [1.82, 2.24) is 0 Å². The van der Waals surface area contributed by atoms with Gasteiger partial charge in [-0.3, -0.25) is 0 Å². The molecule has 0 saturated heterocycles. The summed E-state index contributed by atoms with van der Waals surface area (Å²) in [6.07, 6.45) is 0. The van der Waals surface area contributed by atoms with E-state index in [1.54, 1.807) is 13.0 Å². The van der Waals surface area contributed by atoms with Crippen LogP contribution in [0, 0.1) is 11.3 Å². The van der Waals surface area contributed by atoms with Crippen molar-refractivity contribution in [2.45, 2.75) is 17.9 Å². The molecule has 1 aromatic rings. The Kier molecular flexibility index (Phi) is 6.51. The van der Waals surface area contributed by atoms with Crippen molar-refractivity contribution in [3.8, 4) is 6.07 Å². The molecule has 0 fully saturated rings. The number of nitriles is 1. The highest BCUT2D eigenvalue weighted by Crippen LogP contribution is 2.23. The van der Waals surface area contributed by atoms with Crippen molar-refractivity contribution < 1.29 is 27.5 Å². The highest BCUT2D eigenvalue weighted by Gasteiger charge is 2.21. The maximum absolute atomic E-state index is 11.6. The first-order chi connectivity index (χ1) is 11.2. The second-order valence-electron chi connectivity index (χ2n) is 4.22. The minimum Gasteiger partial charge on any atom is -0.465 e. The number of carbonyl (C=O) groups is 2. The molecule has 128 valence electrons. The molecule has 0 amide bonds. The zero-order valence-electron chi connectivity index (χ0n) is 12.8. The van der Waals surface area contributed by atoms with E-state index in [0.717, 1.165) is 19.2 Å². The fourth-order valence-electron chi connectivity index (χ4n) is 1.56. The average Bonchev–Trinajstić information content (AvgIpc) is 2.54. The molecular weight excluding hydrogens is 340 g/mol. The van der Waals surface area contributed by atoms with Gasteiger partial charge in [0.25, 0.3) is 6.04 Å². The largest absolute Gasteiger partial charge is 0.465 e. The second kappa shape index (κ2) is 8.14. The van der Waals surface area contributed by atoms with E-state index in [1.807, 2.05) is 0 Å². The summed E-state index contributed by atoms with van der Waals surface area (Å²) in [5, 5.41) is 21.0. The Balaban J connectivity index is 3.24. The van der Waals surface area contributed by atoms with Crippen LogP contribution in [0.4, 0.5) is 5.69 Å². The molecule has 1 unspecified atom stereocenters. The van der Waals surface area contributed by atoms with Crippen LogP contribution in [0.15, 0.2) is 33.3 Å². The van der Waals surface area contributed by atoms with Gasteiger partial charge in [-0.1, -0.05) is 0 Å². The van der Waals surface area contributed by atoms with Gasteiger partial charge in [-0.25, -0.2) is 23.1 Å². The maximum Gasteiger partial charge on any atom is 0.347 e. The summed E-state index contributed by atoms with van der Waals surface area (Å²) in [6, 6.07) is 3.45. The normalized spacial score (nSPS) is 12.4. The number of nitrogens with zero attached hydrogens (tertiary/aromatic N) is 3. The fraction of sp³-hybridized carbons (Fsp3) is 0.308. The number of methoxy groups -OCH3 is 1. The highest BCUT2D eigenvalue weighted by molar-refractivity contribution is 7.89.